The summed E-state index contributed by atoms with van der Waals surface area (Å²) in [6.45, 7) is 5.09. The second-order valence-corrected chi connectivity index (χ2v) is 10.4. The molecule has 8 heteroatoms. The number of nitrogens with zero attached hydrogens (tertiary/aromatic N) is 4. The van der Waals surface area contributed by atoms with E-state index in [-0.39, 0.29) is 5.91 Å². The average Bonchev–Trinajstić information content (AvgIpc) is 3.37. The Morgan fingerprint density at radius 1 is 1.06 bits per heavy atom. The quantitative estimate of drug-likeness (QED) is 0.480. The third kappa shape index (κ3) is 6.44. The van der Waals surface area contributed by atoms with Crippen LogP contribution < -0.4 is 10.2 Å². The highest BCUT2D eigenvalue weighted by molar-refractivity contribution is 7.98. The van der Waals surface area contributed by atoms with Gasteiger partial charge in [-0.3, -0.25) is 4.79 Å². The topological polar surface area (TPSA) is 74.5 Å². The highest BCUT2D eigenvalue weighted by Gasteiger charge is 2.31. The summed E-state index contributed by atoms with van der Waals surface area (Å²) in [7, 11) is 0. The standard InChI is InChI=1S/C27H33N5O2S/c33-27(32-14-12-31(13-15-32)26-8-4-5-10-29-26)17-21-9-11-28-19-22(21)16-23-18-24(34-30-23)20-35-25-6-2-1-3-7-25/h1-8,10,18,21-22,28H,9,11-17,19-20H2. The van der Waals surface area contributed by atoms with Gasteiger partial charge < -0.3 is 19.6 Å². The van der Waals surface area contributed by atoms with Crippen molar-refractivity contribution in [1.29, 1.82) is 0 Å². The van der Waals surface area contributed by atoms with Gasteiger partial charge in [-0.25, -0.2) is 4.98 Å². The van der Waals surface area contributed by atoms with E-state index in [1.165, 1.54) is 4.90 Å². The Kier molecular flexibility index (Phi) is 8.00. The SMILES string of the molecule is O=C(CC1CCNCC1Cc1cc(CSc2ccccc2)on1)N1CCN(c2ccccn2)CC1. The van der Waals surface area contributed by atoms with Gasteiger partial charge in [0.15, 0.2) is 0 Å². The molecule has 2 aliphatic heterocycles. The first-order valence-electron chi connectivity index (χ1n) is 12.5. The minimum Gasteiger partial charge on any atom is -0.360 e. The lowest BCUT2D eigenvalue weighted by Gasteiger charge is -2.37. The largest absolute Gasteiger partial charge is 0.360 e. The summed E-state index contributed by atoms with van der Waals surface area (Å²) in [6.07, 6.45) is 4.31. The molecule has 0 bridgehead atoms. The molecule has 0 spiro atoms. The van der Waals surface area contributed by atoms with E-state index >= 15 is 0 Å². The van der Waals surface area contributed by atoms with Crippen molar-refractivity contribution in [1.82, 2.24) is 20.4 Å². The number of carbonyl (C=O) groups is 1. The van der Waals surface area contributed by atoms with Gasteiger partial charge in [0.25, 0.3) is 0 Å². The molecule has 7 nitrogen and oxygen atoms in total. The van der Waals surface area contributed by atoms with E-state index in [0.29, 0.717) is 18.3 Å². The van der Waals surface area contributed by atoms with E-state index in [1.807, 2.05) is 47.5 Å². The van der Waals surface area contributed by atoms with E-state index in [4.69, 9.17) is 4.52 Å². The summed E-state index contributed by atoms with van der Waals surface area (Å²) in [5.74, 6) is 3.70. The zero-order valence-corrected chi connectivity index (χ0v) is 20.8. The van der Waals surface area contributed by atoms with Crippen molar-refractivity contribution in [2.24, 2.45) is 11.8 Å². The lowest BCUT2D eigenvalue weighted by molar-refractivity contribution is -0.133. The van der Waals surface area contributed by atoms with Crippen molar-refractivity contribution in [3.05, 3.63) is 72.2 Å². The number of rotatable bonds is 8. The third-order valence-electron chi connectivity index (χ3n) is 7.01. The van der Waals surface area contributed by atoms with Crippen LogP contribution in [0, 0.1) is 11.8 Å². The molecule has 184 valence electrons. The predicted molar refractivity (Wildman–Crippen MR) is 138 cm³/mol. The molecule has 2 atom stereocenters. The summed E-state index contributed by atoms with van der Waals surface area (Å²) in [5.41, 5.74) is 0.990. The number of thioether (sulfide) groups is 1. The molecule has 4 heterocycles. The van der Waals surface area contributed by atoms with Gasteiger partial charge in [0.05, 0.1) is 11.4 Å². The summed E-state index contributed by atoms with van der Waals surface area (Å²) >= 11 is 1.75. The Balaban J connectivity index is 1.12. The van der Waals surface area contributed by atoms with Crippen molar-refractivity contribution in [2.75, 3.05) is 44.2 Å². The van der Waals surface area contributed by atoms with Gasteiger partial charge in [-0.15, -0.1) is 11.8 Å². The Morgan fingerprint density at radius 3 is 2.69 bits per heavy atom. The van der Waals surface area contributed by atoms with Crippen molar-refractivity contribution < 1.29 is 9.32 Å². The number of hydrogen-bond donors (Lipinski definition) is 1. The second kappa shape index (κ2) is 11.7. The van der Waals surface area contributed by atoms with E-state index in [9.17, 15) is 4.79 Å². The number of benzene rings is 1. The minimum absolute atomic E-state index is 0.280. The molecule has 35 heavy (non-hydrogen) atoms. The smallest absolute Gasteiger partial charge is 0.222 e. The van der Waals surface area contributed by atoms with Crippen LogP contribution in [0.4, 0.5) is 5.82 Å². The highest BCUT2D eigenvalue weighted by Crippen LogP contribution is 2.28. The van der Waals surface area contributed by atoms with E-state index in [1.54, 1.807) is 11.8 Å². The summed E-state index contributed by atoms with van der Waals surface area (Å²) in [6, 6.07) is 18.4. The van der Waals surface area contributed by atoms with Crippen molar-refractivity contribution in [3.63, 3.8) is 0 Å². The molecule has 2 fully saturated rings. The second-order valence-electron chi connectivity index (χ2n) is 9.36. The van der Waals surface area contributed by atoms with Gasteiger partial charge in [-0.2, -0.15) is 0 Å². The summed E-state index contributed by atoms with van der Waals surface area (Å²) in [4.78, 5) is 23.1. The Hall–Kier alpha value is -2.84. The molecule has 2 aliphatic rings. The van der Waals surface area contributed by atoms with Gasteiger partial charge in [-0.05, 0) is 62.0 Å². The maximum atomic E-state index is 13.2. The zero-order chi connectivity index (χ0) is 23.9. The van der Waals surface area contributed by atoms with Gasteiger partial charge >= 0.3 is 0 Å². The van der Waals surface area contributed by atoms with Crippen LogP contribution in [0.25, 0.3) is 0 Å². The Labute approximate surface area is 211 Å². The van der Waals surface area contributed by atoms with Crippen molar-refractivity contribution in [3.8, 4) is 0 Å². The third-order valence-corrected chi connectivity index (χ3v) is 8.05. The molecular formula is C27H33N5O2S. The molecular weight excluding hydrogens is 458 g/mol. The highest BCUT2D eigenvalue weighted by atomic mass is 32.2. The number of nitrogens with one attached hydrogen (secondary N) is 1. The fraction of sp³-hybridized carbons (Fsp3) is 0.444. The monoisotopic (exact) mass is 491 g/mol. The van der Waals surface area contributed by atoms with Crippen LogP contribution in [0.3, 0.4) is 0 Å². The molecule has 0 saturated carbocycles. The minimum atomic E-state index is 0.280. The molecule has 1 N–H and O–H groups in total. The molecule has 5 rings (SSSR count). The van der Waals surface area contributed by atoms with Gasteiger partial charge in [-0.1, -0.05) is 29.4 Å². The van der Waals surface area contributed by atoms with Gasteiger partial charge in [0, 0.05) is 49.8 Å². The first-order chi connectivity index (χ1) is 17.2. The lowest BCUT2D eigenvalue weighted by atomic mass is 9.81. The van der Waals surface area contributed by atoms with E-state index in [2.05, 4.69) is 38.6 Å². The first-order valence-corrected chi connectivity index (χ1v) is 13.5. The van der Waals surface area contributed by atoms with Crippen LogP contribution in [-0.4, -0.2) is 60.2 Å². The first kappa shape index (κ1) is 23.9. The molecule has 0 aliphatic carbocycles. The molecule has 2 aromatic heterocycles. The Bertz CT molecular complexity index is 1070. The number of amides is 1. The predicted octanol–water partition coefficient (Wildman–Crippen LogP) is 3.87. The van der Waals surface area contributed by atoms with Crippen LogP contribution in [-0.2, 0) is 17.0 Å². The molecule has 2 unspecified atom stereocenters. The van der Waals surface area contributed by atoms with Crippen LogP contribution in [0.1, 0.15) is 24.3 Å². The number of aromatic nitrogens is 2. The zero-order valence-electron chi connectivity index (χ0n) is 20.0. The Morgan fingerprint density at radius 2 is 1.89 bits per heavy atom. The van der Waals surface area contributed by atoms with E-state index in [0.717, 1.165) is 75.1 Å². The van der Waals surface area contributed by atoms with Gasteiger partial charge in [0.1, 0.15) is 11.6 Å². The van der Waals surface area contributed by atoms with Crippen molar-refractivity contribution in [2.45, 2.75) is 29.9 Å². The lowest BCUT2D eigenvalue weighted by Crippen LogP contribution is -2.50. The fourth-order valence-electron chi connectivity index (χ4n) is 5.02. The maximum Gasteiger partial charge on any atom is 0.222 e. The maximum absolute atomic E-state index is 13.2. The van der Waals surface area contributed by atoms with Crippen LogP contribution >= 0.6 is 11.8 Å². The molecule has 0 radical (unpaired) electrons. The van der Waals surface area contributed by atoms with Crippen molar-refractivity contribution >= 4 is 23.5 Å². The number of pyridine rings is 1. The molecule has 1 amide bonds. The average molecular weight is 492 g/mol. The number of hydrogen-bond acceptors (Lipinski definition) is 7. The summed E-state index contributed by atoms with van der Waals surface area (Å²) in [5, 5.41) is 7.85. The van der Waals surface area contributed by atoms with Crippen LogP contribution in [0.15, 0.2) is 70.2 Å². The van der Waals surface area contributed by atoms with Crippen LogP contribution in [0.2, 0.25) is 0 Å². The summed E-state index contributed by atoms with van der Waals surface area (Å²) < 4.78 is 5.61. The molecule has 3 aromatic rings. The molecule has 1 aromatic carbocycles. The van der Waals surface area contributed by atoms with E-state index < -0.39 is 0 Å². The number of anilines is 1. The number of piperidine rings is 1. The molecule has 2 saturated heterocycles. The number of piperazine rings is 1. The normalized spacial score (nSPS) is 20.7. The number of carbonyl (C=O) groups excluding carboxylic acids is 1. The fourth-order valence-corrected chi connectivity index (χ4v) is 5.82. The van der Waals surface area contributed by atoms with Crippen LogP contribution in [0.5, 0.6) is 0 Å². The van der Waals surface area contributed by atoms with Gasteiger partial charge in [0.2, 0.25) is 5.91 Å².